The van der Waals surface area contributed by atoms with Gasteiger partial charge in [-0.1, -0.05) is 13.8 Å². The fourth-order valence-electron chi connectivity index (χ4n) is 2.92. The van der Waals surface area contributed by atoms with E-state index in [9.17, 15) is 13.2 Å². The molecule has 0 aromatic heterocycles. The van der Waals surface area contributed by atoms with Crippen molar-refractivity contribution < 1.29 is 22.7 Å². The predicted molar refractivity (Wildman–Crippen MR) is 98.6 cm³/mol. The number of hydrogen-bond acceptors (Lipinski definition) is 5. The van der Waals surface area contributed by atoms with Crippen LogP contribution in [0.5, 0.6) is 5.75 Å². The molecule has 146 valence electrons. The van der Waals surface area contributed by atoms with Gasteiger partial charge in [-0.3, -0.25) is 4.79 Å². The molecule has 1 aromatic rings. The second-order valence-corrected chi connectivity index (χ2v) is 8.66. The predicted octanol–water partition coefficient (Wildman–Crippen LogP) is 1.64. The van der Waals surface area contributed by atoms with Gasteiger partial charge in [0.2, 0.25) is 15.9 Å². The van der Waals surface area contributed by atoms with Gasteiger partial charge in [-0.25, -0.2) is 8.42 Å². The van der Waals surface area contributed by atoms with E-state index in [2.05, 4.69) is 4.72 Å². The molecule has 0 aliphatic carbocycles. The van der Waals surface area contributed by atoms with Crippen LogP contribution in [-0.2, 0) is 19.6 Å². The number of rotatable bonds is 7. The van der Waals surface area contributed by atoms with Gasteiger partial charge in [0.15, 0.2) is 0 Å². The molecule has 1 aliphatic heterocycles. The first-order chi connectivity index (χ1) is 12.2. The van der Waals surface area contributed by atoms with Gasteiger partial charge in [0.05, 0.1) is 24.7 Å². The van der Waals surface area contributed by atoms with E-state index in [1.54, 1.807) is 17.0 Å². The van der Waals surface area contributed by atoms with Gasteiger partial charge in [-0.05, 0) is 43.5 Å². The summed E-state index contributed by atoms with van der Waals surface area (Å²) in [5, 5.41) is 0. The molecule has 1 amide bonds. The lowest BCUT2D eigenvalue weighted by Crippen LogP contribution is -2.53. The highest BCUT2D eigenvalue weighted by molar-refractivity contribution is 7.89. The van der Waals surface area contributed by atoms with E-state index in [4.69, 9.17) is 9.47 Å². The number of hydrogen-bond donors (Lipinski definition) is 1. The summed E-state index contributed by atoms with van der Waals surface area (Å²) in [7, 11) is -2.30. The molecule has 7 nitrogen and oxygen atoms in total. The van der Waals surface area contributed by atoms with Gasteiger partial charge >= 0.3 is 0 Å². The molecular weight excluding hydrogens is 356 g/mol. The van der Waals surface area contributed by atoms with E-state index < -0.39 is 16.1 Å². The average molecular weight is 384 g/mol. The van der Waals surface area contributed by atoms with Gasteiger partial charge in [-0.2, -0.15) is 4.72 Å². The molecule has 0 radical (unpaired) electrons. The van der Waals surface area contributed by atoms with Crippen LogP contribution in [0.2, 0.25) is 0 Å². The number of morpholine rings is 1. The second-order valence-electron chi connectivity index (χ2n) is 6.94. The summed E-state index contributed by atoms with van der Waals surface area (Å²) >= 11 is 0. The Morgan fingerprint density at radius 1 is 1.35 bits per heavy atom. The lowest BCUT2D eigenvalue weighted by Gasteiger charge is -2.34. The third-order valence-electron chi connectivity index (χ3n) is 4.23. The third kappa shape index (κ3) is 5.43. The number of methoxy groups -OCH3 is 1. The van der Waals surface area contributed by atoms with Crippen molar-refractivity contribution in [2.75, 3.05) is 26.8 Å². The highest BCUT2D eigenvalue weighted by atomic mass is 32.2. The second kappa shape index (κ2) is 8.83. The monoisotopic (exact) mass is 384 g/mol. The van der Waals surface area contributed by atoms with E-state index in [0.29, 0.717) is 31.9 Å². The molecule has 1 aromatic carbocycles. The van der Waals surface area contributed by atoms with Crippen molar-refractivity contribution in [1.29, 1.82) is 0 Å². The SMILES string of the molecule is COc1ccc(S(=O)(=O)NC(CC(C)C)C(=O)N2CCOC(C)C2)cc1. The lowest BCUT2D eigenvalue weighted by atomic mass is 10.0. The van der Waals surface area contributed by atoms with Crippen molar-refractivity contribution in [3.05, 3.63) is 24.3 Å². The highest BCUT2D eigenvalue weighted by Gasteiger charge is 2.31. The van der Waals surface area contributed by atoms with Crippen molar-refractivity contribution in [2.24, 2.45) is 5.92 Å². The molecule has 1 N–H and O–H groups in total. The summed E-state index contributed by atoms with van der Waals surface area (Å²) in [5.41, 5.74) is 0. The average Bonchev–Trinajstić information content (AvgIpc) is 2.60. The smallest absolute Gasteiger partial charge is 0.241 e. The molecule has 26 heavy (non-hydrogen) atoms. The number of benzene rings is 1. The highest BCUT2D eigenvalue weighted by Crippen LogP contribution is 2.18. The molecule has 0 bridgehead atoms. The molecule has 2 unspecified atom stereocenters. The van der Waals surface area contributed by atoms with Crippen molar-refractivity contribution in [3.8, 4) is 5.75 Å². The quantitative estimate of drug-likeness (QED) is 0.772. The van der Waals surface area contributed by atoms with Crippen molar-refractivity contribution in [2.45, 2.75) is 44.2 Å². The number of sulfonamides is 1. The van der Waals surface area contributed by atoms with Crippen LogP contribution in [0.15, 0.2) is 29.2 Å². The Labute approximate surface area is 155 Å². The van der Waals surface area contributed by atoms with Gasteiger partial charge in [-0.15, -0.1) is 0 Å². The van der Waals surface area contributed by atoms with Crippen LogP contribution in [0.4, 0.5) is 0 Å². The molecular formula is C18H28N2O5S. The Hall–Kier alpha value is -1.64. The van der Waals surface area contributed by atoms with Gasteiger partial charge < -0.3 is 14.4 Å². The number of amides is 1. The molecule has 8 heteroatoms. The van der Waals surface area contributed by atoms with E-state index in [0.717, 1.165) is 0 Å². The van der Waals surface area contributed by atoms with Crippen molar-refractivity contribution >= 4 is 15.9 Å². The summed E-state index contributed by atoms with van der Waals surface area (Å²) in [6.07, 6.45) is 0.380. The van der Waals surface area contributed by atoms with Crippen LogP contribution in [0.25, 0.3) is 0 Å². The topological polar surface area (TPSA) is 84.9 Å². The molecule has 0 saturated carbocycles. The summed E-state index contributed by atoms with van der Waals surface area (Å²) in [6, 6.07) is 5.30. The summed E-state index contributed by atoms with van der Waals surface area (Å²) in [5.74, 6) is 0.535. The number of ether oxygens (including phenoxy) is 2. The van der Waals surface area contributed by atoms with Crippen LogP contribution in [0, 0.1) is 5.92 Å². The fraction of sp³-hybridized carbons (Fsp3) is 0.611. The number of carbonyl (C=O) groups is 1. The maximum atomic E-state index is 12.9. The van der Waals surface area contributed by atoms with Crippen LogP contribution in [0.3, 0.4) is 0 Å². The zero-order chi connectivity index (χ0) is 19.3. The summed E-state index contributed by atoms with van der Waals surface area (Å²) in [6.45, 7) is 7.23. The van der Waals surface area contributed by atoms with Crippen LogP contribution in [-0.4, -0.2) is 58.2 Å². The molecule has 1 fully saturated rings. The molecule has 2 rings (SSSR count). The van der Waals surface area contributed by atoms with Gasteiger partial charge in [0.25, 0.3) is 0 Å². The van der Waals surface area contributed by atoms with E-state index in [1.807, 2.05) is 20.8 Å². The minimum atomic E-state index is -3.81. The van der Waals surface area contributed by atoms with E-state index in [1.165, 1.54) is 19.2 Å². The maximum Gasteiger partial charge on any atom is 0.241 e. The van der Waals surface area contributed by atoms with E-state index >= 15 is 0 Å². The first-order valence-corrected chi connectivity index (χ1v) is 10.3. The Morgan fingerprint density at radius 2 is 2.00 bits per heavy atom. The van der Waals surface area contributed by atoms with Crippen LogP contribution < -0.4 is 9.46 Å². The maximum absolute atomic E-state index is 12.9. The molecule has 1 saturated heterocycles. The zero-order valence-corrected chi connectivity index (χ0v) is 16.6. The van der Waals surface area contributed by atoms with E-state index in [-0.39, 0.29) is 22.8 Å². The molecule has 0 spiro atoms. The standard InChI is InChI=1S/C18H28N2O5S/c1-13(2)11-17(18(21)20-9-10-25-14(3)12-20)19-26(22,23)16-7-5-15(24-4)6-8-16/h5-8,13-14,17,19H,9-12H2,1-4H3. The molecule has 1 heterocycles. The van der Waals surface area contributed by atoms with Gasteiger partial charge in [0, 0.05) is 13.1 Å². The van der Waals surface area contributed by atoms with Crippen molar-refractivity contribution in [1.82, 2.24) is 9.62 Å². The van der Waals surface area contributed by atoms with Gasteiger partial charge in [0.1, 0.15) is 11.8 Å². The molecule has 2 atom stereocenters. The first-order valence-electron chi connectivity index (χ1n) is 8.79. The zero-order valence-electron chi connectivity index (χ0n) is 15.8. The number of nitrogens with zero attached hydrogens (tertiary/aromatic N) is 1. The number of nitrogens with one attached hydrogen (secondary N) is 1. The minimum absolute atomic E-state index is 0.0504. The fourth-order valence-corrected chi connectivity index (χ4v) is 4.12. The Balaban J connectivity index is 2.18. The van der Waals surface area contributed by atoms with Crippen LogP contribution >= 0.6 is 0 Å². The van der Waals surface area contributed by atoms with Crippen molar-refractivity contribution in [3.63, 3.8) is 0 Å². The third-order valence-corrected chi connectivity index (χ3v) is 5.71. The first kappa shape index (κ1) is 20.7. The normalized spacial score (nSPS) is 19.4. The van der Waals surface area contributed by atoms with Crippen LogP contribution in [0.1, 0.15) is 27.2 Å². The summed E-state index contributed by atoms with van der Waals surface area (Å²) in [4.78, 5) is 14.7. The lowest BCUT2D eigenvalue weighted by molar-refractivity contribution is -0.140. The minimum Gasteiger partial charge on any atom is -0.497 e. The Morgan fingerprint density at radius 3 is 2.54 bits per heavy atom. The Kier molecular flexibility index (Phi) is 7.02. The summed E-state index contributed by atoms with van der Waals surface area (Å²) < 4.78 is 38.6. The Bertz CT molecular complexity index is 703. The largest absolute Gasteiger partial charge is 0.497 e. The molecule has 1 aliphatic rings. The number of carbonyl (C=O) groups excluding carboxylic acids is 1.